The zero-order valence-corrected chi connectivity index (χ0v) is 20.3. The number of nitrogens with zero attached hydrogens (tertiary/aromatic N) is 4. The summed E-state index contributed by atoms with van der Waals surface area (Å²) in [6, 6.07) is 15.4. The van der Waals surface area contributed by atoms with Crippen molar-refractivity contribution in [3.63, 3.8) is 0 Å². The molecule has 0 atom stereocenters. The SMILES string of the molecule is O=Cc1ccc(S(=O)(=O)N2CCC(n3c(-c4ccccc4Cl)nc4cccnc43)CC2)cc1Cl. The Bertz CT molecular complexity index is 1500. The van der Waals surface area contributed by atoms with E-state index in [2.05, 4.69) is 9.55 Å². The van der Waals surface area contributed by atoms with E-state index in [9.17, 15) is 13.2 Å². The summed E-state index contributed by atoms with van der Waals surface area (Å²) in [5, 5.41) is 0.709. The molecule has 34 heavy (non-hydrogen) atoms. The topological polar surface area (TPSA) is 85.2 Å². The molecule has 7 nitrogen and oxygen atoms in total. The molecule has 1 saturated heterocycles. The molecular weight excluding hydrogens is 495 g/mol. The molecule has 0 saturated carbocycles. The first-order valence-electron chi connectivity index (χ1n) is 10.7. The maximum atomic E-state index is 13.2. The largest absolute Gasteiger partial charge is 0.305 e. The summed E-state index contributed by atoms with van der Waals surface area (Å²) in [7, 11) is -3.74. The predicted octanol–water partition coefficient (Wildman–Crippen LogP) is 5.24. The van der Waals surface area contributed by atoms with Crippen molar-refractivity contribution in [2.75, 3.05) is 13.1 Å². The third-order valence-corrected chi connectivity index (χ3v) is 8.64. The Balaban J connectivity index is 1.46. The van der Waals surface area contributed by atoms with Crippen LogP contribution in [-0.2, 0) is 10.0 Å². The molecule has 0 amide bonds. The Morgan fingerprint density at radius 1 is 0.971 bits per heavy atom. The zero-order valence-electron chi connectivity index (χ0n) is 17.9. The summed E-state index contributed by atoms with van der Waals surface area (Å²) in [6.45, 7) is 0.656. The molecule has 0 aliphatic carbocycles. The van der Waals surface area contributed by atoms with Crippen LogP contribution in [0.5, 0.6) is 0 Å². The van der Waals surface area contributed by atoms with E-state index < -0.39 is 10.0 Å². The molecule has 1 aliphatic heterocycles. The Morgan fingerprint density at radius 2 is 1.74 bits per heavy atom. The maximum Gasteiger partial charge on any atom is 0.243 e. The monoisotopic (exact) mass is 514 g/mol. The number of benzene rings is 2. The molecule has 3 heterocycles. The first-order valence-corrected chi connectivity index (χ1v) is 12.9. The van der Waals surface area contributed by atoms with Gasteiger partial charge in [0.25, 0.3) is 0 Å². The summed E-state index contributed by atoms with van der Waals surface area (Å²) in [6.07, 6.45) is 3.49. The highest BCUT2D eigenvalue weighted by Crippen LogP contribution is 2.36. The number of rotatable bonds is 5. The molecule has 2 aromatic carbocycles. The van der Waals surface area contributed by atoms with Crippen LogP contribution < -0.4 is 0 Å². The molecule has 2 aromatic heterocycles. The minimum absolute atomic E-state index is 0.00125. The summed E-state index contributed by atoms with van der Waals surface area (Å²) in [4.78, 5) is 20.5. The van der Waals surface area contributed by atoms with E-state index in [1.54, 1.807) is 6.20 Å². The fourth-order valence-electron chi connectivity index (χ4n) is 4.36. The lowest BCUT2D eigenvalue weighted by atomic mass is 10.1. The van der Waals surface area contributed by atoms with Crippen LogP contribution in [0.15, 0.2) is 65.7 Å². The Kier molecular flexibility index (Phi) is 6.16. The van der Waals surface area contributed by atoms with Gasteiger partial charge in [0.15, 0.2) is 11.9 Å². The van der Waals surface area contributed by atoms with Crippen molar-refractivity contribution in [3.05, 3.63) is 76.4 Å². The zero-order chi connectivity index (χ0) is 23.9. The molecule has 0 unspecified atom stereocenters. The number of hydrogen-bond acceptors (Lipinski definition) is 5. The summed E-state index contributed by atoms with van der Waals surface area (Å²) < 4.78 is 30.0. The van der Waals surface area contributed by atoms with E-state index in [0.717, 1.165) is 22.6 Å². The van der Waals surface area contributed by atoms with Crippen molar-refractivity contribution < 1.29 is 13.2 Å². The van der Waals surface area contributed by atoms with Gasteiger partial charge >= 0.3 is 0 Å². The van der Waals surface area contributed by atoms with E-state index in [-0.39, 0.29) is 21.5 Å². The molecule has 1 aliphatic rings. The van der Waals surface area contributed by atoms with Crippen LogP contribution in [0.3, 0.4) is 0 Å². The van der Waals surface area contributed by atoms with Crippen molar-refractivity contribution in [1.82, 2.24) is 18.8 Å². The number of carbonyl (C=O) groups excluding carboxylic acids is 1. The number of aromatic nitrogens is 3. The van der Waals surface area contributed by atoms with E-state index >= 15 is 0 Å². The lowest BCUT2D eigenvalue weighted by molar-refractivity contribution is 0.112. The van der Waals surface area contributed by atoms with Crippen LogP contribution in [0.25, 0.3) is 22.6 Å². The highest BCUT2D eigenvalue weighted by atomic mass is 35.5. The normalized spacial score (nSPS) is 15.6. The number of halogens is 2. The smallest absolute Gasteiger partial charge is 0.243 e. The second kappa shape index (κ2) is 9.11. The first kappa shape index (κ1) is 23.0. The first-order chi connectivity index (χ1) is 16.4. The quantitative estimate of drug-likeness (QED) is 0.339. The molecule has 5 rings (SSSR count). The van der Waals surface area contributed by atoms with Crippen LogP contribution in [0.1, 0.15) is 29.2 Å². The van der Waals surface area contributed by atoms with E-state index in [1.807, 2.05) is 36.4 Å². The molecule has 1 fully saturated rings. The summed E-state index contributed by atoms with van der Waals surface area (Å²) >= 11 is 12.6. The number of aldehydes is 1. The molecule has 0 spiro atoms. The van der Waals surface area contributed by atoms with Crippen molar-refractivity contribution in [2.24, 2.45) is 0 Å². The second-order valence-corrected chi connectivity index (χ2v) is 10.8. The summed E-state index contributed by atoms with van der Waals surface area (Å²) in [5.74, 6) is 0.719. The van der Waals surface area contributed by atoms with Crippen molar-refractivity contribution in [3.8, 4) is 11.4 Å². The Morgan fingerprint density at radius 3 is 2.44 bits per heavy atom. The van der Waals surface area contributed by atoms with Crippen LogP contribution >= 0.6 is 23.2 Å². The average Bonchev–Trinajstić information content (AvgIpc) is 3.23. The van der Waals surface area contributed by atoms with Gasteiger partial charge < -0.3 is 4.57 Å². The second-order valence-electron chi connectivity index (χ2n) is 8.07. The fourth-order valence-corrected chi connectivity index (χ4v) is 6.37. The number of piperidine rings is 1. The van der Waals surface area contributed by atoms with Crippen molar-refractivity contribution in [2.45, 2.75) is 23.8 Å². The minimum atomic E-state index is -3.74. The van der Waals surface area contributed by atoms with E-state index in [1.165, 1.54) is 22.5 Å². The van der Waals surface area contributed by atoms with Gasteiger partial charge in [-0.05, 0) is 55.3 Å². The molecule has 174 valence electrons. The molecular formula is C24H20Cl2N4O3S. The van der Waals surface area contributed by atoms with Crippen molar-refractivity contribution in [1.29, 1.82) is 0 Å². The third kappa shape index (κ3) is 4.01. The van der Waals surface area contributed by atoms with Gasteiger partial charge in [-0.25, -0.2) is 18.4 Å². The number of fused-ring (bicyclic) bond motifs is 1. The Hall–Kier alpha value is -2.78. The molecule has 10 heteroatoms. The number of carbonyl (C=O) groups is 1. The van der Waals surface area contributed by atoms with Gasteiger partial charge in [-0.3, -0.25) is 4.79 Å². The van der Waals surface area contributed by atoms with Gasteiger partial charge in [-0.2, -0.15) is 4.31 Å². The third-order valence-electron chi connectivity index (χ3n) is 6.09. The lowest BCUT2D eigenvalue weighted by Gasteiger charge is -2.32. The lowest BCUT2D eigenvalue weighted by Crippen LogP contribution is -2.39. The van der Waals surface area contributed by atoms with Crippen LogP contribution in [-0.4, -0.2) is 46.6 Å². The molecule has 0 N–H and O–H groups in total. The highest BCUT2D eigenvalue weighted by molar-refractivity contribution is 7.89. The van der Waals surface area contributed by atoms with E-state index in [0.29, 0.717) is 37.2 Å². The average molecular weight is 515 g/mol. The van der Waals surface area contributed by atoms with Crippen LogP contribution in [0.2, 0.25) is 10.0 Å². The number of imidazole rings is 1. The van der Waals surface area contributed by atoms with Crippen LogP contribution in [0.4, 0.5) is 0 Å². The van der Waals surface area contributed by atoms with Gasteiger partial charge in [0.1, 0.15) is 11.3 Å². The van der Waals surface area contributed by atoms with E-state index in [4.69, 9.17) is 28.2 Å². The predicted molar refractivity (Wildman–Crippen MR) is 132 cm³/mol. The van der Waals surface area contributed by atoms with Gasteiger partial charge in [-0.15, -0.1) is 0 Å². The fraction of sp³-hybridized carbons (Fsp3) is 0.208. The summed E-state index contributed by atoms with van der Waals surface area (Å²) in [5.41, 5.74) is 2.57. The van der Waals surface area contributed by atoms with Gasteiger partial charge in [0.05, 0.1) is 14.9 Å². The Labute approximate surface area is 207 Å². The van der Waals surface area contributed by atoms with Gasteiger partial charge in [0.2, 0.25) is 10.0 Å². The number of pyridine rings is 1. The maximum absolute atomic E-state index is 13.2. The molecule has 4 aromatic rings. The standard InChI is InChI=1S/C24H20Cl2N4O3S/c25-20-5-2-1-4-19(20)23-28-22-6-3-11-27-24(22)30(23)17-9-12-29(13-10-17)34(32,33)18-8-7-16(15-31)21(26)14-18/h1-8,11,14-15,17H,9-10,12-13H2. The van der Waals surface area contributed by atoms with Crippen molar-refractivity contribution >= 4 is 50.7 Å². The number of hydrogen-bond donors (Lipinski definition) is 0. The number of sulfonamides is 1. The highest BCUT2D eigenvalue weighted by Gasteiger charge is 2.32. The minimum Gasteiger partial charge on any atom is -0.305 e. The molecule has 0 radical (unpaired) electrons. The van der Waals surface area contributed by atoms with Crippen LogP contribution in [0, 0.1) is 0 Å². The van der Waals surface area contributed by atoms with Gasteiger partial charge in [-0.1, -0.05) is 35.3 Å². The van der Waals surface area contributed by atoms with Gasteiger partial charge in [0, 0.05) is 36.5 Å². The molecule has 0 bridgehead atoms.